The van der Waals surface area contributed by atoms with Crippen LogP contribution < -0.4 is 19.7 Å². The normalized spacial score (nSPS) is 17.8. The molecule has 0 aromatic heterocycles. The Balaban J connectivity index is 2.11. The van der Waals surface area contributed by atoms with Gasteiger partial charge >= 0.3 is 0 Å². The zero-order valence-electron chi connectivity index (χ0n) is 14.4. The van der Waals surface area contributed by atoms with Gasteiger partial charge in [0.25, 0.3) is 0 Å². The first-order valence-electron chi connectivity index (χ1n) is 7.71. The fourth-order valence-corrected chi connectivity index (χ4v) is 2.61. The average molecular weight is 355 g/mol. The molecular weight excluding hydrogens is 332 g/mol. The molecule has 7 heteroatoms. The van der Waals surface area contributed by atoms with Crippen molar-refractivity contribution in [2.75, 3.05) is 31.5 Å². The van der Waals surface area contributed by atoms with Gasteiger partial charge in [-0.1, -0.05) is 0 Å². The van der Waals surface area contributed by atoms with Crippen LogP contribution in [0.3, 0.4) is 0 Å². The molecule has 1 atom stereocenters. The molecule has 1 aromatic rings. The summed E-state index contributed by atoms with van der Waals surface area (Å²) in [7, 11) is 3.10. The Morgan fingerprint density at radius 2 is 2.00 bits per heavy atom. The number of hydrogen-bond donors (Lipinski definition) is 1. The van der Waals surface area contributed by atoms with Gasteiger partial charge in [0, 0.05) is 30.6 Å². The van der Waals surface area contributed by atoms with E-state index in [1.54, 1.807) is 51.2 Å². The largest absolute Gasteiger partial charge is 0.493 e. The second-order valence-corrected chi connectivity index (χ2v) is 6.70. The van der Waals surface area contributed by atoms with Crippen LogP contribution in [0.2, 0.25) is 0 Å². The predicted molar refractivity (Wildman–Crippen MR) is 92.9 cm³/mol. The first-order valence-corrected chi connectivity index (χ1v) is 8.25. The first-order chi connectivity index (χ1) is 11.3. The number of nitrogens with one attached hydrogen (secondary N) is 1. The number of halogens is 1. The highest BCUT2D eigenvalue weighted by Gasteiger charge is 2.35. The highest BCUT2D eigenvalue weighted by molar-refractivity contribution is 6.19. The van der Waals surface area contributed by atoms with Crippen molar-refractivity contribution >= 4 is 29.1 Å². The maximum absolute atomic E-state index is 12.3. The van der Waals surface area contributed by atoms with Crippen molar-refractivity contribution in [3.05, 3.63) is 18.2 Å². The molecule has 1 saturated heterocycles. The Hall–Kier alpha value is -1.95. The Morgan fingerprint density at radius 3 is 2.58 bits per heavy atom. The summed E-state index contributed by atoms with van der Waals surface area (Å²) in [6.07, 6.45) is 0.262. The Bertz CT molecular complexity index is 633. The van der Waals surface area contributed by atoms with Crippen LogP contribution >= 0.6 is 11.6 Å². The zero-order valence-corrected chi connectivity index (χ0v) is 15.1. The van der Waals surface area contributed by atoms with E-state index in [-0.39, 0.29) is 30.2 Å². The molecular formula is C17H23ClN2O4. The van der Waals surface area contributed by atoms with Crippen LogP contribution in [0.4, 0.5) is 5.69 Å². The van der Waals surface area contributed by atoms with Gasteiger partial charge in [0.2, 0.25) is 11.8 Å². The quantitative estimate of drug-likeness (QED) is 0.795. The van der Waals surface area contributed by atoms with E-state index in [9.17, 15) is 9.59 Å². The Labute approximate surface area is 147 Å². The van der Waals surface area contributed by atoms with Crippen molar-refractivity contribution in [3.8, 4) is 11.5 Å². The summed E-state index contributed by atoms with van der Waals surface area (Å²) < 4.78 is 10.5. The number of carbonyl (C=O) groups excluding carboxylic acids is 2. The molecule has 0 unspecified atom stereocenters. The average Bonchev–Trinajstić information content (AvgIpc) is 2.94. The lowest BCUT2D eigenvalue weighted by molar-refractivity contribution is -0.128. The van der Waals surface area contributed by atoms with Gasteiger partial charge in [-0.05, 0) is 26.0 Å². The summed E-state index contributed by atoms with van der Waals surface area (Å²) in [4.78, 5) is 26.2. The maximum atomic E-state index is 12.3. The summed E-state index contributed by atoms with van der Waals surface area (Å²) in [6, 6.07) is 5.07. The molecule has 0 aliphatic carbocycles. The monoisotopic (exact) mass is 354 g/mol. The van der Waals surface area contributed by atoms with Crippen LogP contribution in [-0.2, 0) is 9.59 Å². The minimum atomic E-state index is -0.665. The number of anilines is 1. The predicted octanol–water partition coefficient (Wildman–Crippen LogP) is 2.19. The summed E-state index contributed by atoms with van der Waals surface area (Å²) in [5.41, 5.74) is 0.0486. The second-order valence-electron chi connectivity index (χ2n) is 6.44. The number of nitrogens with zero attached hydrogens (tertiary/aromatic N) is 1. The summed E-state index contributed by atoms with van der Waals surface area (Å²) in [5, 5.41) is 2.91. The SMILES string of the molecule is COc1ccc(N2C[C@H](NC(=O)C(C)(C)CCl)CC2=O)cc1OC. The lowest BCUT2D eigenvalue weighted by Crippen LogP contribution is -2.44. The van der Waals surface area contributed by atoms with E-state index in [2.05, 4.69) is 5.32 Å². The third-order valence-electron chi connectivity index (χ3n) is 4.09. The summed E-state index contributed by atoms with van der Waals surface area (Å²) in [6.45, 7) is 3.97. The van der Waals surface area contributed by atoms with Gasteiger partial charge in [0.05, 0.1) is 25.7 Å². The third-order valence-corrected chi connectivity index (χ3v) is 4.76. The van der Waals surface area contributed by atoms with E-state index in [0.717, 1.165) is 0 Å². The summed E-state index contributed by atoms with van der Waals surface area (Å²) in [5.74, 6) is 1.18. The van der Waals surface area contributed by atoms with Crippen LogP contribution in [-0.4, -0.2) is 44.5 Å². The molecule has 1 fully saturated rings. The number of ether oxygens (including phenoxy) is 2. The van der Waals surface area contributed by atoms with Crippen LogP contribution in [0.5, 0.6) is 11.5 Å². The van der Waals surface area contributed by atoms with Gasteiger partial charge < -0.3 is 19.7 Å². The van der Waals surface area contributed by atoms with Crippen molar-refractivity contribution in [2.45, 2.75) is 26.3 Å². The molecule has 0 radical (unpaired) electrons. The zero-order chi connectivity index (χ0) is 17.9. The molecule has 132 valence electrons. The van der Waals surface area contributed by atoms with Crippen molar-refractivity contribution in [1.82, 2.24) is 5.32 Å². The fraction of sp³-hybridized carbons (Fsp3) is 0.529. The van der Waals surface area contributed by atoms with Gasteiger partial charge in [-0.25, -0.2) is 0 Å². The van der Waals surface area contributed by atoms with Crippen molar-refractivity contribution in [2.24, 2.45) is 5.41 Å². The number of amides is 2. The lowest BCUT2D eigenvalue weighted by atomic mass is 9.95. The molecule has 0 spiro atoms. The summed E-state index contributed by atoms with van der Waals surface area (Å²) >= 11 is 5.82. The van der Waals surface area contributed by atoms with E-state index >= 15 is 0 Å². The highest BCUT2D eigenvalue weighted by Crippen LogP contribution is 2.33. The second kappa shape index (κ2) is 7.30. The van der Waals surface area contributed by atoms with Gasteiger partial charge in [-0.3, -0.25) is 9.59 Å². The van der Waals surface area contributed by atoms with Crippen LogP contribution in [0, 0.1) is 5.41 Å². The molecule has 6 nitrogen and oxygen atoms in total. The van der Waals surface area contributed by atoms with Crippen molar-refractivity contribution in [3.63, 3.8) is 0 Å². The molecule has 1 aliphatic heterocycles. The Kier molecular flexibility index (Phi) is 5.59. The molecule has 0 saturated carbocycles. The molecule has 1 N–H and O–H groups in total. The van der Waals surface area contributed by atoms with Gasteiger partial charge in [0.1, 0.15) is 0 Å². The van der Waals surface area contributed by atoms with Gasteiger partial charge in [0.15, 0.2) is 11.5 Å². The topological polar surface area (TPSA) is 67.9 Å². The number of alkyl halides is 1. The van der Waals surface area contributed by atoms with Gasteiger partial charge in [-0.15, -0.1) is 11.6 Å². The van der Waals surface area contributed by atoms with Crippen LogP contribution in [0.25, 0.3) is 0 Å². The molecule has 2 rings (SSSR count). The molecule has 1 heterocycles. The number of rotatable bonds is 6. The van der Waals surface area contributed by atoms with Crippen LogP contribution in [0.1, 0.15) is 20.3 Å². The highest BCUT2D eigenvalue weighted by atomic mass is 35.5. The van der Waals surface area contributed by atoms with Crippen molar-refractivity contribution < 1.29 is 19.1 Å². The van der Waals surface area contributed by atoms with E-state index in [4.69, 9.17) is 21.1 Å². The number of carbonyl (C=O) groups is 2. The molecule has 1 aliphatic rings. The molecule has 0 bridgehead atoms. The number of benzene rings is 1. The molecule has 24 heavy (non-hydrogen) atoms. The third kappa shape index (κ3) is 3.75. The van der Waals surface area contributed by atoms with E-state index in [1.165, 1.54) is 0 Å². The van der Waals surface area contributed by atoms with Crippen LogP contribution in [0.15, 0.2) is 18.2 Å². The van der Waals surface area contributed by atoms with Crippen molar-refractivity contribution in [1.29, 1.82) is 0 Å². The molecule has 1 aromatic carbocycles. The smallest absolute Gasteiger partial charge is 0.229 e. The maximum Gasteiger partial charge on any atom is 0.229 e. The lowest BCUT2D eigenvalue weighted by Gasteiger charge is -2.23. The molecule has 2 amide bonds. The number of hydrogen-bond acceptors (Lipinski definition) is 4. The van der Waals surface area contributed by atoms with E-state index < -0.39 is 5.41 Å². The van der Waals surface area contributed by atoms with E-state index in [1.807, 2.05) is 0 Å². The fourth-order valence-electron chi connectivity index (χ4n) is 2.49. The number of methoxy groups -OCH3 is 2. The standard InChI is InChI=1S/C17H23ClN2O4/c1-17(2,10-18)16(22)19-11-7-15(21)20(9-11)12-5-6-13(23-3)14(8-12)24-4/h5-6,8,11H,7,9-10H2,1-4H3,(H,19,22)/t11-/m1/s1. The van der Waals surface area contributed by atoms with E-state index in [0.29, 0.717) is 23.7 Å². The van der Waals surface area contributed by atoms with Gasteiger partial charge in [-0.2, -0.15) is 0 Å². The first kappa shape index (κ1) is 18.4. The Morgan fingerprint density at radius 1 is 1.33 bits per heavy atom. The minimum Gasteiger partial charge on any atom is -0.493 e. The minimum absolute atomic E-state index is 0.0452.